The van der Waals surface area contributed by atoms with Gasteiger partial charge >= 0.3 is 12.0 Å². The number of carboxylic acid groups (broad SMARTS) is 1. The zero-order chi connectivity index (χ0) is 14.9. The molecule has 0 aromatic heterocycles. The van der Waals surface area contributed by atoms with Gasteiger partial charge in [0.2, 0.25) is 0 Å². The summed E-state index contributed by atoms with van der Waals surface area (Å²) in [6, 6.07) is -1.16. The first-order valence-corrected chi connectivity index (χ1v) is 7.34. The monoisotopic (exact) mass is 284 g/mol. The molecule has 6 heteroatoms. The molecular weight excluding hydrogens is 260 g/mol. The predicted octanol–water partition coefficient (Wildman–Crippen LogP) is 0.898. The van der Waals surface area contributed by atoms with E-state index in [-0.39, 0.29) is 24.0 Å². The van der Waals surface area contributed by atoms with Gasteiger partial charge in [-0.15, -0.1) is 0 Å². The van der Waals surface area contributed by atoms with Crippen molar-refractivity contribution in [2.75, 3.05) is 13.1 Å². The van der Waals surface area contributed by atoms with Gasteiger partial charge in [0.05, 0.1) is 6.10 Å². The molecule has 0 bridgehead atoms. The summed E-state index contributed by atoms with van der Waals surface area (Å²) in [4.78, 5) is 25.0. The number of carboxylic acids is 1. The summed E-state index contributed by atoms with van der Waals surface area (Å²) in [5.74, 6) is -0.263. The number of likely N-dealkylation sites (tertiary alicyclic amines) is 1. The maximum Gasteiger partial charge on any atom is 0.326 e. The molecule has 2 aliphatic rings. The molecule has 1 saturated carbocycles. The molecule has 0 spiro atoms. The summed E-state index contributed by atoms with van der Waals surface area (Å²) in [6.07, 6.45) is 1.87. The smallest absolute Gasteiger partial charge is 0.326 e. The molecule has 4 unspecified atom stereocenters. The van der Waals surface area contributed by atoms with Crippen LogP contribution in [0.1, 0.15) is 33.1 Å². The van der Waals surface area contributed by atoms with E-state index < -0.39 is 12.0 Å². The Morgan fingerprint density at radius 3 is 2.55 bits per heavy atom. The summed E-state index contributed by atoms with van der Waals surface area (Å²) >= 11 is 0. The third kappa shape index (κ3) is 3.23. The Morgan fingerprint density at radius 2 is 2.00 bits per heavy atom. The van der Waals surface area contributed by atoms with Crippen LogP contribution in [0.4, 0.5) is 4.79 Å². The fourth-order valence-electron chi connectivity index (χ4n) is 3.34. The molecule has 1 aliphatic carbocycles. The highest BCUT2D eigenvalue weighted by molar-refractivity contribution is 5.82. The van der Waals surface area contributed by atoms with Crippen molar-refractivity contribution >= 4 is 12.0 Å². The van der Waals surface area contributed by atoms with Crippen LogP contribution in [0.15, 0.2) is 0 Å². The van der Waals surface area contributed by atoms with Gasteiger partial charge < -0.3 is 20.4 Å². The van der Waals surface area contributed by atoms with Gasteiger partial charge in [0.25, 0.3) is 0 Å². The predicted molar refractivity (Wildman–Crippen MR) is 73.2 cm³/mol. The molecule has 4 atom stereocenters. The van der Waals surface area contributed by atoms with Crippen LogP contribution in [0, 0.1) is 17.8 Å². The molecule has 1 saturated heterocycles. The SMILES string of the molecule is CC(C)CC(NC(=O)N1CC2CCC(O)C2C1)C(=O)O. The summed E-state index contributed by atoms with van der Waals surface area (Å²) < 4.78 is 0. The molecule has 2 fully saturated rings. The van der Waals surface area contributed by atoms with Gasteiger partial charge in [-0.3, -0.25) is 0 Å². The highest BCUT2D eigenvalue weighted by Crippen LogP contribution is 2.37. The van der Waals surface area contributed by atoms with E-state index in [4.69, 9.17) is 5.11 Å². The maximum absolute atomic E-state index is 12.1. The van der Waals surface area contributed by atoms with E-state index in [0.29, 0.717) is 25.4 Å². The lowest BCUT2D eigenvalue weighted by molar-refractivity contribution is -0.139. The fourth-order valence-corrected chi connectivity index (χ4v) is 3.34. The number of nitrogens with zero attached hydrogens (tertiary/aromatic N) is 1. The molecule has 2 rings (SSSR count). The van der Waals surface area contributed by atoms with Crippen LogP contribution in [0.5, 0.6) is 0 Å². The van der Waals surface area contributed by atoms with Crippen LogP contribution in [0.2, 0.25) is 0 Å². The molecule has 1 heterocycles. The summed E-state index contributed by atoms with van der Waals surface area (Å²) in [7, 11) is 0. The Labute approximate surface area is 119 Å². The van der Waals surface area contributed by atoms with Gasteiger partial charge in [-0.05, 0) is 31.1 Å². The summed E-state index contributed by atoms with van der Waals surface area (Å²) in [5.41, 5.74) is 0. The number of hydrogen-bond acceptors (Lipinski definition) is 3. The van der Waals surface area contributed by atoms with Crippen molar-refractivity contribution < 1.29 is 19.8 Å². The van der Waals surface area contributed by atoms with Crippen LogP contribution in [-0.4, -0.2) is 52.3 Å². The lowest BCUT2D eigenvalue weighted by Gasteiger charge is -2.23. The zero-order valence-corrected chi connectivity index (χ0v) is 12.1. The molecular formula is C14H24N2O4. The van der Waals surface area contributed by atoms with Crippen molar-refractivity contribution in [2.24, 2.45) is 17.8 Å². The Bertz CT molecular complexity index is 385. The lowest BCUT2D eigenvalue weighted by Crippen LogP contribution is -2.48. The number of amides is 2. The Balaban J connectivity index is 1.90. The molecule has 0 radical (unpaired) electrons. The minimum atomic E-state index is -0.994. The second-order valence-corrected chi connectivity index (χ2v) is 6.44. The third-order valence-corrected chi connectivity index (χ3v) is 4.41. The summed E-state index contributed by atoms with van der Waals surface area (Å²) in [5, 5.41) is 21.6. The number of urea groups is 1. The molecule has 2 amide bonds. The topological polar surface area (TPSA) is 89.9 Å². The van der Waals surface area contributed by atoms with E-state index >= 15 is 0 Å². The van der Waals surface area contributed by atoms with E-state index in [2.05, 4.69) is 5.32 Å². The lowest BCUT2D eigenvalue weighted by atomic mass is 10.00. The van der Waals surface area contributed by atoms with Crippen LogP contribution in [-0.2, 0) is 4.79 Å². The quantitative estimate of drug-likeness (QED) is 0.715. The maximum atomic E-state index is 12.1. The highest BCUT2D eigenvalue weighted by Gasteiger charge is 2.43. The molecule has 0 aromatic carbocycles. The number of hydrogen-bond donors (Lipinski definition) is 3. The number of aliphatic hydroxyl groups is 1. The second kappa shape index (κ2) is 5.99. The highest BCUT2D eigenvalue weighted by atomic mass is 16.4. The van der Waals surface area contributed by atoms with Crippen molar-refractivity contribution in [3.63, 3.8) is 0 Å². The van der Waals surface area contributed by atoms with Crippen molar-refractivity contribution in [1.29, 1.82) is 0 Å². The minimum absolute atomic E-state index is 0.161. The number of nitrogens with one attached hydrogen (secondary N) is 1. The molecule has 3 N–H and O–H groups in total. The first-order valence-electron chi connectivity index (χ1n) is 7.34. The van der Waals surface area contributed by atoms with Gasteiger partial charge in [-0.25, -0.2) is 9.59 Å². The normalized spacial score (nSPS) is 30.4. The van der Waals surface area contributed by atoms with Crippen LogP contribution in [0.25, 0.3) is 0 Å². The molecule has 114 valence electrons. The standard InChI is InChI=1S/C14H24N2O4/c1-8(2)5-11(13(18)19)15-14(20)16-6-9-3-4-12(17)10(9)7-16/h8-12,17H,3-7H2,1-2H3,(H,15,20)(H,18,19). The van der Waals surface area contributed by atoms with Crippen LogP contribution < -0.4 is 5.32 Å². The van der Waals surface area contributed by atoms with Crippen molar-refractivity contribution in [2.45, 2.75) is 45.3 Å². The van der Waals surface area contributed by atoms with Crippen molar-refractivity contribution in [3.8, 4) is 0 Å². The number of aliphatic hydroxyl groups excluding tert-OH is 1. The first-order chi connectivity index (χ1) is 9.38. The molecule has 0 aromatic rings. The van der Waals surface area contributed by atoms with E-state index in [1.54, 1.807) is 4.90 Å². The van der Waals surface area contributed by atoms with Gasteiger partial charge in [0.15, 0.2) is 0 Å². The van der Waals surface area contributed by atoms with Crippen molar-refractivity contribution in [3.05, 3.63) is 0 Å². The van der Waals surface area contributed by atoms with E-state index in [9.17, 15) is 14.7 Å². The van der Waals surface area contributed by atoms with E-state index in [1.807, 2.05) is 13.8 Å². The van der Waals surface area contributed by atoms with Crippen LogP contribution >= 0.6 is 0 Å². The average molecular weight is 284 g/mol. The van der Waals surface area contributed by atoms with Gasteiger partial charge in [-0.1, -0.05) is 13.8 Å². The van der Waals surface area contributed by atoms with E-state index in [0.717, 1.165) is 12.8 Å². The van der Waals surface area contributed by atoms with Crippen LogP contribution in [0.3, 0.4) is 0 Å². The number of carbonyl (C=O) groups excluding carboxylic acids is 1. The zero-order valence-electron chi connectivity index (χ0n) is 12.1. The third-order valence-electron chi connectivity index (χ3n) is 4.41. The Hall–Kier alpha value is -1.30. The minimum Gasteiger partial charge on any atom is -0.480 e. The summed E-state index contributed by atoms with van der Waals surface area (Å²) in [6.45, 7) is 5.02. The second-order valence-electron chi connectivity index (χ2n) is 6.44. The number of rotatable bonds is 4. The average Bonchev–Trinajstić information content (AvgIpc) is 2.90. The number of fused-ring (bicyclic) bond motifs is 1. The Kier molecular flexibility index (Phi) is 4.52. The Morgan fingerprint density at radius 1 is 1.30 bits per heavy atom. The molecule has 1 aliphatic heterocycles. The van der Waals surface area contributed by atoms with Gasteiger partial charge in [-0.2, -0.15) is 0 Å². The van der Waals surface area contributed by atoms with Gasteiger partial charge in [0.1, 0.15) is 6.04 Å². The van der Waals surface area contributed by atoms with E-state index in [1.165, 1.54) is 0 Å². The molecule has 6 nitrogen and oxygen atoms in total. The fraction of sp³-hybridized carbons (Fsp3) is 0.857. The number of carbonyl (C=O) groups is 2. The van der Waals surface area contributed by atoms with Gasteiger partial charge in [0, 0.05) is 19.0 Å². The molecule has 20 heavy (non-hydrogen) atoms. The first kappa shape index (κ1) is 15.1. The van der Waals surface area contributed by atoms with Crippen molar-refractivity contribution in [1.82, 2.24) is 10.2 Å². The number of aliphatic carboxylic acids is 1. The largest absolute Gasteiger partial charge is 0.480 e.